The molecule has 1 aliphatic rings. The van der Waals surface area contributed by atoms with E-state index in [1.807, 2.05) is 0 Å². The van der Waals surface area contributed by atoms with Crippen molar-refractivity contribution in [1.29, 1.82) is 0 Å². The van der Waals surface area contributed by atoms with Crippen molar-refractivity contribution in [1.82, 2.24) is 0 Å². The van der Waals surface area contributed by atoms with Crippen LogP contribution in [0.4, 0.5) is 0 Å². The Morgan fingerprint density at radius 2 is 1.85 bits per heavy atom. The molecule has 0 saturated carbocycles. The molecule has 2 aromatic rings. The Hall–Kier alpha value is -0.300. The quantitative estimate of drug-likeness (QED) is 0.541. The number of hydrogen-bond donors (Lipinski definition) is 0. The van der Waals surface area contributed by atoms with E-state index in [4.69, 9.17) is 0 Å². The molecule has 0 nitrogen and oxygen atoms in total. The Kier molecular flexibility index (Phi) is 1.76. The maximum atomic E-state index is 2.30. The fourth-order valence-corrected chi connectivity index (χ4v) is 3.39. The van der Waals surface area contributed by atoms with Crippen LogP contribution in [0.3, 0.4) is 0 Å². The predicted molar refractivity (Wildman–Crippen MR) is 56.1 cm³/mol. The summed E-state index contributed by atoms with van der Waals surface area (Å²) < 4.78 is 0.848. The van der Waals surface area contributed by atoms with E-state index in [0.29, 0.717) is 0 Å². The molecule has 0 aliphatic heterocycles. The summed E-state index contributed by atoms with van der Waals surface area (Å²) in [6.07, 6.45) is 1.28. The standard InChI is InChI=1S/C12H9.Na/c1-3-9-4-2-6-11-8-7-10(5-1)12(9)11;/h1-7H,8H2;. The van der Waals surface area contributed by atoms with Gasteiger partial charge in [0.15, 0.2) is 0 Å². The normalized spacial score (nSPS) is 19.7. The zero-order valence-electron chi connectivity index (χ0n) is 7.75. The molecule has 1 unspecified atom stereocenters. The summed E-state index contributed by atoms with van der Waals surface area (Å²) in [7, 11) is 0. The summed E-state index contributed by atoms with van der Waals surface area (Å²) in [5.41, 5.74) is 3.16. The molecule has 1 aliphatic carbocycles. The summed E-state index contributed by atoms with van der Waals surface area (Å²) in [5, 5.41) is 2.97. The summed E-state index contributed by atoms with van der Waals surface area (Å²) in [6, 6.07) is 13.4. The van der Waals surface area contributed by atoms with E-state index in [1.165, 1.54) is 39.7 Å². The van der Waals surface area contributed by atoms with Crippen LogP contribution in [0, 0.1) is 0 Å². The van der Waals surface area contributed by atoms with Gasteiger partial charge in [-0.1, -0.05) is 0 Å². The van der Waals surface area contributed by atoms with Crippen molar-refractivity contribution in [2.75, 3.05) is 0 Å². The SMILES string of the molecule is [Na][CH]1Cc2cccc3cccc1c23. The van der Waals surface area contributed by atoms with Crippen molar-refractivity contribution < 1.29 is 0 Å². The molecule has 0 spiro atoms. The van der Waals surface area contributed by atoms with Crippen molar-refractivity contribution in [2.45, 2.75) is 9.59 Å². The Balaban J connectivity index is 2.51. The molecule has 1 atom stereocenters. The first kappa shape index (κ1) is 8.05. The van der Waals surface area contributed by atoms with E-state index in [-0.39, 0.29) is 0 Å². The molecule has 0 N–H and O–H groups in total. The molecule has 0 fully saturated rings. The van der Waals surface area contributed by atoms with Crippen LogP contribution in [0.15, 0.2) is 36.4 Å². The van der Waals surface area contributed by atoms with Gasteiger partial charge in [0.05, 0.1) is 0 Å². The van der Waals surface area contributed by atoms with E-state index in [2.05, 4.69) is 36.4 Å². The second-order valence-corrected chi connectivity index (χ2v) is 5.36. The molecule has 0 heterocycles. The third-order valence-corrected chi connectivity index (χ3v) is 4.11. The molecule has 0 saturated heterocycles. The van der Waals surface area contributed by atoms with Gasteiger partial charge in [0.25, 0.3) is 0 Å². The zero-order valence-corrected chi connectivity index (χ0v) is 9.75. The van der Waals surface area contributed by atoms with Crippen LogP contribution < -0.4 is 0 Å². The van der Waals surface area contributed by atoms with E-state index >= 15 is 0 Å². The average Bonchev–Trinajstić information content (AvgIpc) is 2.47. The molecule has 3 rings (SSSR count). The van der Waals surface area contributed by atoms with Crippen LogP contribution in [0.1, 0.15) is 14.3 Å². The van der Waals surface area contributed by atoms with Crippen LogP contribution >= 0.6 is 0 Å². The molecule has 13 heavy (non-hydrogen) atoms. The zero-order chi connectivity index (χ0) is 8.84. The second kappa shape index (κ2) is 2.84. The van der Waals surface area contributed by atoms with Gasteiger partial charge in [0, 0.05) is 0 Å². The molecule has 0 aromatic heterocycles. The first-order valence-corrected chi connectivity index (χ1v) is 6.02. The van der Waals surface area contributed by atoms with Crippen LogP contribution in [0.5, 0.6) is 0 Å². The van der Waals surface area contributed by atoms with Crippen molar-refractivity contribution in [3.63, 3.8) is 0 Å². The molecular formula is C12H9Na. The number of hydrogen-bond acceptors (Lipinski definition) is 0. The van der Waals surface area contributed by atoms with Gasteiger partial charge in [-0.2, -0.15) is 0 Å². The summed E-state index contributed by atoms with van der Waals surface area (Å²) >= 11 is 1.28. The second-order valence-electron chi connectivity index (χ2n) is 3.97. The van der Waals surface area contributed by atoms with E-state index in [1.54, 1.807) is 16.5 Å². The predicted octanol–water partition coefficient (Wildman–Crippen LogP) is 2.61. The molecule has 2 aromatic carbocycles. The van der Waals surface area contributed by atoms with E-state index in [9.17, 15) is 0 Å². The molecule has 0 radical (unpaired) electrons. The number of benzene rings is 2. The van der Waals surface area contributed by atoms with Gasteiger partial charge in [0.1, 0.15) is 0 Å². The van der Waals surface area contributed by atoms with Crippen LogP contribution in [0.25, 0.3) is 10.8 Å². The molecule has 1 heteroatoms. The van der Waals surface area contributed by atoms with Gasteiger partial charge < -0.3 is 0 Å². The van der Waals surface area contributed by atoms with E-state index in [0.717, 1.165) is 3.17 Å². The topological polar surface area (TPSA) is 0 Å². The minimum atomic E-state index is 0.848. The van der Waals surface area contributed by atoms with Crippen molar-refractivity contribution in [3.05, 3.63) is 47.5 Å². The van der Waals surface area contributed by atoms with Crippen LogP contribution in [-0.4, -0.2) is 27.9 Å². The van der Waals surface area contributed by atoms with Gasteiger partial charge in [-0.3, -0.25) is 0 Å². The average molecular weight is 176 g/mol. The monoisotopic (exact) mass is 176 g/mol. The Labute approximate surface area is 95.4 Å². The van der Waals surface area contributed by atoms with Crippen molar-refractivity contribution >= 4 is 38.7 Å². The maximum absolute atomic E-state index is 2.30. The van der Waals surface area contributed by atoms with Gasteiger partial charge in [-0.25, -0.2) is 0 Å². The summed E-state index contributed by atoms with van der Waals surface area (Å²) in [5.74, 6) is 0. The number of rotatable bonds is 0. The van der Waals surface area contributed by atoms with Gasteiger partial charge in [-0.15, -0.1) is 0 Å². The minimum absolute atomic E-state index is 0.848. The van der Waals surface area contributed by atoms with Crippen molar-refractivity contribution in [2.24, 2.45) is 0 Å². The summed E-state index contributed by atoms with van der Waals surface area (Å²) in [4.78, 5) is 0. The first-order valence-electron chi connectivity index (χ1n) is 4.87. The fourth-order valence-electron chi connectivity index (χ4n) is 2.47. The van der Waals surface area contributed by atoms with E-state index < -0.39 is 0 Å². The van der Waals surface area contributed by atoms with Gasteiger partial charge in [0.2, 0.25) is 0 Å². The van der Waals surface area contributed by atoms with Gasteiger partial charge in [-0.05, 0) is 0 Å². The summed E-state index contributed by atoms with van der Waals surface area (Å²) in [6.45, 7) is 0. The molecular weight excluding hydrogens is 167 g/mol. The molecule has 58 valence electrons. The Morgan fingerprint density at radius 3 is 2.69 bits per heavy atom. The first-order chi connectivity index (χ1) is 6.36. The van der Waals surface area contributed by atoms with Gasteiger partial charge >= 0.3 is 95.8 Å². The molecule has 0 bridgehead atoms. The Bertz CT molecular complexity index is 468. The fraction of sp³-hybridized carbons (Fsp3) is 0.167. The third-order valence-electron chi connectivity index (χ3n) is 3.08. The van der Waals surface area contributed by atoms with Crippen molar-refractivity contribution in [3.8, 4) is 0 Å². The van der Waals surface area contributed by atoms with Crippen LogP contribution in [0.2, 0.25) is 0 Å². The Morgan fingerprint density at radius 1 is 1.08 bits per heavy atom. The van der Waals surface area contributed by atoms with Crippen LogP contribution in [-0.2, 0) is 6.42 Å². The third kappa shape index (κ3) is 1.10. The molecule has 0 amide bonds.